The van der Waals surface area contributed by atoms with Crippen LogP contribution in [0.4, 0.5) is 5.69 Å². The molecular formula is C23H39N3O3S. The zero-order valence-corrected chi connectivity index (χ0v) is 19.7. The molecule has 1 aromatic carbocycles. The second kappa shape index (κ2) is 12.4. The fourth-order valence-electron chi connectivity index (χ4n) is 3.84. The Labute approximate surface area is 183 Å². The Bertz CT molecular complexity index is 729. The normalized spacial score (nSPS) is 19.9. The number of hydrogen-bond acceptors (Lipinski definition) is 4. The van der Waals surface area contributed by atoms with Crippen molar-refractivity contribution >= 4 is 15.9 Å². The predicted molar refractivity (Wildman–Crippen MR) is 125 cm³/mol. The van der Waals surface area contributed by atoms with Crippen LogP contribution in [0.2, 0.25) is 0 Å². The van der Waals surface area contributed by atoms with Crippen molar-refractivity contribution in [1.29, 1.82) is 0 Å². The van der Waals surface area contributed by atoms with Gasteiger partial charge in [-0.05, 0) is 77.6 Å². The highest BCUT2D eigenvalue weighted by molar-refractivity contribution is 7.90. The molecule has 1 aliphatic carbocycles. The van der Waals surface area contributed by atoms with E-state index in [2.05, 4.69) is 23.2 Å². The number of unbranched alkanes of at least 4 members (excludes halogenated alkanes) is 2. The van der Waals surface area contributed by atoms with Crippen LogP contribution in [0, 0.1) is 6.92 Å². The van der Waals surface area contributed by atoms with E-state index in [-0.39, 0.29) is 12.1 Å². The molecule has 170 valence electrons. The van der Waals surface area contributed by atoms with Crippen LogP contribution in [0.3, 0.4) is 0 Å². The van der Waals surface area contributed by atoms with Crippen molar-refractivity contribution in [2.75, 3.05) is 38.5 Å². The van der Waals surface area contributed by atoms with Crippen LogP contribution < -0.4 is 4.72 Å². The van der Waals surface area contributed by atoms with E-state index < -0.39 is 10.2 Å². The van der Waals surface area contributed by atoms with E-state index >= 15 is 0 Å². The van der Waals surface area contributed by atoms with Gasteiger partial charge in [0, 0.05) is 31.9 Å². The van der Waals surface area contributed by atoms with Crippen molar-refractivity contribution in [2.45, 2.75) is 64.0 Å². The first-order chi connectivity index (χ1) is 14.3. The van der Waals surface area contributed by atoms with Crippen LogP contribution in [0.15, 0.2) is 36.9 Å². The molecule has 1 N–H and O–H groups in total. The molecule has 0 atom stereocenters. The molecule has 0 saturated heterocycles. The van der Waals surface area contributed by atoms with Crippen molar-refractivity contribution < 1.29 is 13.2 Å². The average Bonchev–Trinajstić information content (AvgIpc) is 2.72. The zero-order chi connectivity index (χ0) is 22.0. The first-order valence-corrected chi connectivity index (χ1v) is 12.5. The standard InChI is InChI=1S/C23H39N3O3S/c1-5-17-25(3)18-7-6-8-19-29-23-15-13-22(14-16-23)26(4)30(27,28)24-21-11-9-20(2)10-12-21/h5,9-12,22-24H,1,6-8,13-19H2,2-4H3/t22-,23-. The van der Waals surface area contributed by atoms with Crippen LogP contribution in [0.1, 0.15) is 50.5 Å². The SMILES string of the molecule is C=CCN(C)CCCCCO[C@H]1CC[C@H](N(C)S(=O)(=O)Nc2ccc(C)cc2)CC1. The number of rotatable bonds is 13. The minimum absolute atomic E-state index is 0.0215. The third kappa shape index (κ3) is 8.38. The van der Waals surface area contributed by atoms with Crippen LogP contribution in [-0.4, -0.2) is 63.6 Å². The van der Waals surface area contributed by atoms with Crippen LogP contribution >= 0.6 is 0 Å². The van der Waals surface area contributed by atoms with E-state index in [0.29, 0.717) is 5.69 Å². The van der Waals surface area contributed by atoms with Gasteiger partial charge in [0.15, 0.2) is 0 Å². The van der Waals surface area contributed by atoms with Crippen molar-refractivity contribution in [2.24, 2.45) is 0 Å². The van der Waals surface area contributed by atoms with E-state index in [1.807, 2.05) is 25.1 Å². The lowest BCUT2D eigenvalue weighted by Gasteiger charge is -2.34. The fourth-order valence-corrected chi connectivity index (χ4v) is 5.02. The summed E-state index contributed by atoms with van der Waals surface area (Å²) in [6, 6.07) is 7.42. The van der Waals surface area contributed by atoms with Crippen LogP contribution in [0.25, 0.3) is 0 Å². The van der Waals surface area contributed by atoms with E-state index in [1.54, 1.807) is 19.2 Å². The maximum atomic E-state index is 12.7. The molecule has 1 saturated carbocycles. The summed E-state index contributed by atoms with van der Waals surface area (Å²) in [5.74, 6) is 0. The first kappa shape index (κ1) is 24.9. The van der Waals surface area contributed by atoms with Gasteiger partial charge < -0.3 is 9.64 Å². The summed E-state index contributed by atoms with van der Waals surface area (Å²) in [6.45, 7) is 8.56. The summed E-state index contributed by atoms with van der Waals surface area (Å²) < 4.78 is 35.6. The molecule has 0 heterocycles. The number of nitrogens with zero attached hydrogens (tertiary/aromatic N) is 2. The Morgan fingerprint density at radius 2 is 1.77 bits per heavy atom. The molecule has 1 aromatic rings. The molecule has 0 spiro atoms. The van der Waals surface area contributed by atoms with Crippen molar-refractivity contribution in [3.05, 3.63) is 42.5 Å². The summed E-state index contributed by atoms with van der Waals surface area (Å²) >= 11 is 0. The highest BCUT2D eigenvalue weighted by atomic mass is 32.2. The Kier molecular flexibility index (Phi) is 10.3. The third-order valence-electron chi connectivity index (χ3n) is 5.81. The number of aryl methyl sites for hydroxylation is 1. The monoisotopic (exact) mass is 437 g/mol. The minimum Gasteiger partial charge on any atom is -0.378 e. The second-order valence-electron chi connectivity index (χ2n) is 8.40. The third-order valence-corrected chi connectivity index (χ3v) is 7.36. The van der Waals surface area contributed by atoms with Gasteiger partial charge in [0.05, 0.1) is 6.10 Å². The fraction of sp³-hybridized carbons (Fsp3) is 0.652. The van der Waals surface area contributed by atoms with E-state index in [9.17, 15) is 8.42 Å². The van der Waals surface area contributed by atoms with Crippen LogP contribution in [0.5, 0.6) is 0 Å². The molecule has 7 heteroatoms. The smallest absolute Gasteiger partial charge is 0.301 e. The van der Waals surface area contributed by atoms with Gasteiger partial charge in [-0.1, -0.05) is 23.8 Å². The summed E-state index contributed by atoms with van der Waals surface area (Å²) in [6.07, 6.45) is 9.11. The number of benzene rings is 1. The van der Waals surface area contributed by atoms with Gasteiger partial charge in [-0.15, -0.1) is 6.58 Å². The van der Waals surface area contributed by atoms with E-state index in [1.165, 1.54) is 17.1 Å². The van der Waals surface area contributed by atoms with Gasteiger partial charge in [-0.3, -0.25) is 4.72 Å². The maximum Gasteiger partial charge on any atom is 0.301 e. The van der Waals surface area contributed by atoms with Crippen LogP contribution in [-0.2, 0) is 14.9 Å². The number of anilines is 1. The van der Waals surface area contributed by atoms with Gasteiger partial charge in [0.1, 0.15) is 0 Å². The lowest BCUT2D eigenvalue weighted by Crippen LogP contribution is -2.43. The maximum absolute atomic E-state index is 12.7. The van der Waals surface area contributed by atoms with E-state index in [4.69, 9.17) is 4.74 Å². The summed E-state index contributed by atoms with van der Waals surface area (Å²) in [7, 11) is 0.238. The summed E-state index contributed by atoms with van der Waals surface area (Å²) in [4.78, 5) is 2.27. The Morgan fingerprint density at radius 3 is 2.40 bits per heavy atom. The summed E-state index contributed by atoms with van der Waals surface area (Å²) in [5.41, 5.74) is 1.70. The van der Waals surface area contributed by atoms with Crippen molar-refractivity contribution in [3.63, 3.8) is 0 Å². The predicted octanol–water partition coefficient (Wildman–Crippen LogP) is 4.20. The molecule has 1 fully saturated rings. The quantitative estimate of drug-likeness (QED) is 0.371. The highest BCUT2D eigenvalue weighted by Crippen LogP contribution is 2.26. The van der Waals surface area contributed by atoms with Gasteiger partial charge in [-0.2, -0.15) is 12.7 Å². The van der Waals surface area contributed by atoms with E-state index in [0.717, 1.165) is 57.4 Å². The molecule has 0 bridgehead atoms. The molecular weight excluding hydrogens is 398 g/mol. The molecule has 1 aliphatic rings. The van der Waals surface area contributed by atoms with Gasteiger partial charge in [-0.25, -0.2) is 0 Å². The van der Waals surface area contributed by atoms with Gasteiger partial charge in [0.25, 0.3) is 0 Å². The molecule has 2 rings (SSSR count). The Hall–Kier alpha value is -1.41. The molecule has 6 nitrogen and oxygen atoms in total. The molecule has 0 radical (unpaired) electrons. The van der Waals surface area contributed by atoms with Gasteiger partial charge >= 0.3 is 10.2 Å². The largest absolute Gasteiger partial charge is 0.378 e. The molecule has 0 aliphatic heterocycles. The molecule has 30 heavy (non-hydrogen) atoms. The second-order valence-corrected chi connectivity index (χ2v) is 10.1. The topological polar surface area (TPSA) is 61.9 Å². The highest BCUT2D eigenvalue weighted by Gasteiger charge is 2.30. The van der Waals surface area contributed by atoms with Gasteiger partial charge in [0.2, 0.25) is 0 Å². The number of likely N-dealkylation sites (N-methyl/N-ethyl adjacent to an activating group) is 1. The number of nitrogens with one attached hydrogen (secondary N) is 1. The first-order valence-electron chi connectivity index (χ1n) is 11.1. The zero-order valence-electron chi connectivity index (χ0n) is 18.8. The molecule has 0 amide bonds. The van der Waals surface area contributed by atoms with Crippen molar-refractivity contribution in [3.8, 4) is 0 Å². The minimum atomic E-state index is -3.55. The van der Waals surface area contributed by atoms with Crippen molar-refractivity contribution in [1.82, 2.24) is 9.21 Å². The Morgan fingerprint density at radius 1 is 1.10 bits per heavy atom. The summed E-state index contributed by atoms with van der Waals surface area (Å²) in [5, 5.41) is 0. The molecule has 0 aromatic heterocycles. The average molecular weight is 438 g/mol. The number of hydrogen-bond donors (Lipinski definition) is 1. The lowest BCUT2D eigenvalue weighted by molar-refractivity contribution is 0.0156. The Balaban J connectivity index is 1.65. The lowest BCUT2D eigenvalue weighted by atomic mass is 9.93. The molecule has 0 unspecified atom stereocenters. The number of ether oxygens (including phenoxy) is 1.